The number of nitrogens with one attached hydrogen (secondary N) is 1. The quantitative estimate of drug-likeness (QED) is 0.164. The van der Waals surface area contributed by atoms with Gasteiger partial charge in [-0.3, -0.25) is 9.35 Å². The summed E-state index contributed by atoms with van der Waals surface area (Å²) in [5, 5.41) is 9.43. The molecule has 4 aromatic rings. The summed E-state index contributed by atoms with van der Waals surface area (Å²) >= 11 is 0. The largest absolute Gasteiger partial charge is 0.471 e. The second-order valence-electron chi connectivity index (χ2n) is 7.61. The van der Waals surface area contributed by atoms with Gasteiger partial charge in [0.1, 0.15) is 10.6 Å². The Morgan fingerprint density at radius 2 is 1.42 bits per heavy atom. The Morgan fingerprint density at radius 3 is 1.97 bits per heavy atom. The molecule has 4 N–H and O–H groups in total. The van der Waals surface area contributed by atoms with Gasteiger partial charge >= 0.3 is 12.1 Å². The minimum Gasteiger partial charge on any atom is -0.399 e. The van der Waals surface area contributed by atoms with E-state index in [0.29, 0.717) is 11.4 Å². The smallest absolute Gasteiger partial charge is 0.399 e. The third-order valence-electron chi connectivity index (χ3n) is 5.14. The molecule has 0 saturated heterocycles. The molecular formula is C24H17F3N4O4S. The van der Waals surface area contributed by atoms with Crippen LogP contribution in [0.15, 0.2) is 94.0 Å². The summed E-state index contributed by atoms with van der Waals surface area (Å²) in [5.41, 5.74) is 7.51. The van der Waals surface area contributed by atoms with Gasteiger partial charge in [-0.05, 0) is 41.5 Å². The zero-order valence-corrected chi connectivity index (χ0v) is 19.0. The van der Waals surface area contributed by atoms with Crippen molar-refractivity contribution in [1.82, 2.24) is 0 Å². The maximum atomic E-state index is 13.0. The number of amides is 1. The molecule has 0 bridgehead atoms. The Hall–Kier alpha value is -4.29. The van der Waals surface area contributed by atoms with Crippen LogP contribution in [0.1, 0.15) is 0 Å². The molecule has 0 aromatic heterocycles. The molecule has 0 heterocycles. The van der Waals surface area contributed by atoms with Crippen LogP contribution in [-0.2, 0) is 14.9 Å². The molecule has 36 heavy (non-hydrogen) atoms. The minimum atomic E-state index is -5.21. The molecule has 4 rings (SSSR count). The zero-order chi connectivity index (χ0) is 26.1. The summed E-state index contributed by atoms with van der Waals surface area (Å²) in [6.07, 6.45) is -5.21. The van der Waals surface area contributed by atoms with Crippen LogP contribution in [0.4, 0.5) is 35.9 Å². The first kappa shape index (κ1) is 24.8. The molecule has 0 aliphatic rings. The van der Waals surface area contributed by atoms with Gasteiger partial charge in [0.25, 0.3) is 10.1 Å². The van der Waals surface area contributed by atoms with Crippen LogP contribution in [0.25, 0.3) is 21.9 Å². The highest BCUT2D eigenvalue weighted by atomic mass is 32.2. The second kappa shape index (κ2) is 9.40. The molecule has 0 unspecified atom stereocenters. The number of hydrogen-bond donors (Lipinski definition) is 3. The summed E-state index contributed by atoms with van der Waals surface area (Å²) in [7, 11) is -4.79. The molecule has 0 saturated carbocycles. The fraction of sp³-hybridized carbons (Fsp3) is 0.0417. The van der Waals surface area contributed by atoms with E-state index in [2.05, 4.69) is 10.2 Å². The molecule has 4 aromatic carbocycles. The van der Waals surface area contributed by atoms with Crippen molar-refractivity contribution < 1.29 is 30.9 Å². The number of nitrogen functional groups attached to an aromatic ring is 1. The van der Waals surface area contributed by atoms with Gasteiger partial charge in [-0.1, -0.05) is 48.5 Å². The molecule has 0 aliphatic heterocycles. The van der Waals surface area contributed by atoms with Gasteiger partial charge in [0, 0.05) is 16.5 Å². The standard InChI is InChI=1S/C24H17F3N4O4S/c25-24(26,27)23(32)29-22-19-4-2-1-3-18(19)21(36(33,34)35)13-20(22)31-30-17-11-7-15(8-12-17)14-5-9-16(28)10-6-14/h1-13H,28H2,(H,29,32)(H,33,34,35). The van der Waals surface area contributed by atoms with Crippen LogP contribution in [0.2, 0.25) is 0 Å². The van der Waals surface area contributed by atoms with Crippen LogP contribution in [0.3, 0.4) is 0 Å². The highest BCUT2D eigenvalue weighted by molar-refractivity contribution is 7.86. The first-order chi connectivity index (χ1) is 16.9. The Bertz CT molecular complexity index is 1590. The van der Waals surface area contributed by atoms with Crippen molar-refractivity contribution in [1.29, 1.82) is 0 Å². The maximum absolute atomic E-state index is 13.0. The Kier molecular flexibility index (Phi) is 6.48. The fourth-order valence-electron chi connectivity index (χ4n) is 3.44. The lowest BCUT2D eigenvalue weighted by Crippen LogP contribution is -2.30. The molecule has 0 spiro atoms. The first-order valence-corrected chi connectivity index (χ1v) is 11.7. The van der Waals surface area contributed by atoms with E-state index in [9.17, 15) is 30.9 Å². The number of nitrogens with zero attached hydrogens (tertiary/aromatic N) is 2. The zero-order valence-electron chi connectivity index (χ0n) is 18.2. The summed E-state index contributed by atoms with van der Waals surface area (Å²) in [5.74, 6) is -2.28. The van der Waals surface area contributed by atoms with Crippen molar-refractivity contribution >= 4 is 49.5 Å². The lowest BCUT2D eigenvalue weighted by molar-refractivity contribution is -0.167. The van der Waals surface area contributed by atoms with E-state index in [4.69, 9.17) is 5.73 Å². The third-order valence-corrected chi connectivity index (χ3v) is 6.04. The van der Waals surface area contributed by atoms with Gasteiger partial charge in [-0.25, -0.2) is 0 Å². The molecule has 1 amide bonds. The summed E-state index contributed by atoms with van der Waals surface area (Å²) < 4.78 is 72.5. The average molecular weight is 514 g/mol. The third kappa shape index (κ3) is 5.34. The number of nitrogens with two attached hydrogens (primary N) is 1. The average Bonchev–Trinajstić information content (AvgIpc) is 2.83. The molecule has 184 valence electrons. The van der Waals surface area contributed by atoms with E-state index in [1.54, 1.807) is 41.7 Å². The number of alkyl halides is 3. The van der Waals surface area contributed by atoms with Crippen LogP contribution >= 0.6 is 0 Å². The normalized spacial score (nSPS) is 12.2. The molecule has 0 aliphatic carbocycles. The summed E-state index contributed by atoms with van der Waals surface area (Å²) in [4.78, 5) is 11.1. The van der Waals surface area contributed by atoms with Crippen LogP contribution in [0, 0.1) is 0 Å². The van der Waals surface area contributed by atoms with E-state index in [1.165, 1.54) is 24.3 Å². The molecular weight excluding hydrogens is 497 g/mol. The highest BCUT2D eigenvalue weighted by Crippen LogP contribution is 2.39. The monoisotopic (exact) mass is 514 g/mol. The lowest BCUT2D eigenvalue weighted by Gasteiger charge is -2.14. The van der Waals surface area contributed by atoms with Crippen molar-refractivity contribution in [2.75, 3.05) is 11.1 Å². The molecule has 12 heteroatoms. The van der Waals surface area contributed by atoms with Gasteiger partial charge in [0.15, 0.2) is 0 Å². The van der Waals surface area contributed by atoms with Gasteiger partial charge in [0.05, 0.1) is 11.4 Å². The molecule has 0 atom stereocenters. The molecule has 8 nitrogen and oxygen atoms in total. The van der Waals surface area contributed by atoms with Gasteiger partial charge in [-0.2, -0.15) is 26.7 Å². The Morgan fingerprint density at radius 1 is 0.861 bits per heavy atom. The van der Waals surface area contributed by atoms with Crippen LogP contribution in [0.5, 0.6) is 0 Å². The number of azo groups is 1. The number of hydrogen-bond acceptors (Lipinski definition) is 6. The Balaban J connectivity index is 1.79. The van der Waals surface area contributed by atoms with Gasteiger partial charge in [0.2, 0.25) is 0 Å². The number of halogens is 3. The first-order valence-electron chi connectivity index (χ1n) is 10.2. The number of anilines is 2. The Labute approximate surface area is 203 Å². The van der Waals surface area contributed by atoms with Gasteiger partial charge in [-0.15, -0.1) is 5.11 Å². The SMILES string of the molecule is Nc1ccc(-c2ccc(N=Nc3cc(S(=O)(=O)O)c4ccccc4c3NC(=O)C(F)(F)F)cc2)cc1. The van der Waals surface area contributed by atoms with E-state index in [0.717, 1.165) is 17.2 Å². The maximum Gasteiger partial charge on any atom is 0.471 e. The molecule has 0 fully saturated rings. The van der Waals surface area contributed by atoms with E-state index >= 15 is 0 Å². The van der Waals surface area contributed by atoms with Crippen molar-refractivity contribution in [3.8, 4) is 11.1 Å². The van der Waals surface area contributed by atoms with E-state index in [-0.39, 0.29) is 10.8 Å². The fourth-order valence-corrected chi connectivity index (χ4v) is 4.16. The summed E-state index contributed by atoms with van der Waals surface area (Å²) in [6, 6.07) is 20.0. The van der Waals surface area contributed by atoms with Crippen molar-refractivity contribution in [2.24, 2.45) is 10.2 Å². The van der Waals surface area contributed by atoms with Crippen molar-refractivity contribution in [3.05, 3.63) is 78.9 Å². The van der Waals surface area contributed by atoms with Crippen LogP contribution < -0.4 is 11.1 Å². The highest BCUT2D eigenvalue weighted by Gasteiger charge is 2.39. The topological polar surface area (TPSA) is 134 Å². The number of carbonyl (C=O) groups is 1. The number of benzene rings is 4. The number of carbonyl (C=O) groups excluding carboxylic acids is 1. The lowest BCUT2D eigenvalue weighted by atomic mass is 10.1. The summed E-state index contributed by atoms with van der Waals surface area (Å²) in [6.45, 7) is 0. The van der Waals surface area contributed by atoms with E-state index < -0.39 is 38.5 Å². The van der Waals surface area contributed by atoms with Crippen LogP contribution in [-0.4, -0.2) is 25.1 Å². The number of fused-ring (bicyclic) bond motifs is 1. The minimum absolute atomic E-state index is 0.0853. The second-order valence-corrected chi connectivity index (χ2v) is 9.00. The number of rotatable bonds is 5. The van der Waals surface area contributed by atoms with E-state index in [1.807, 2.05) is 12.1 Å². The predicted octanol–water partition coefficient (Wildman–Crippen LogP) is 6.25. The predicted molar refractivity (Wildman–Crippen MR) is 129 cm³/mol. The van der Waals surface area contributed by atoms with Crippen molar-refractivity contribution in [3.63, 3.8) is 0 Å². The van der Waals surface area contributed by atoms with Crippen molar-refractivity contribution in [2.45, 2.75) is 11.1 Å². The van der Waals surface area contributed by atoms with Gasteiger partial charge < -0.3 is 11.1 Å². The molecule has 0 radical (unpaired) electrons.